The molecular weight excluding hydrogens is 463 g/mol. The molecule has 1 aromatic carbocycles. The lowest BCUT2D eigenvalue weighted by Crippen LogP contribution is -2.29. The van der Waals surface area contributed by atoms with Gasteiger partial charge in [0.15, 0.2) is 5.11 Å². The predicted octanol–water partition coefficient (Wildman–Crippen LogP) is 6.22. The van der Waals surface area contributed by atoms with E-state index in [0.717, 1.165) is 22.7 Å². The van der Waals surface area contributed by atoms with E-state index in [1.807, 2.05) is 54.6 Å². The summed E-state index contributed by atoms with van der Waals surface area (Å²) in [5, 5.41) is 5.04. The van der Waals surface area contributed by atoms with E-state index < -0.39 is 0 Å². The smallest absolute Gasteiger partial charge is 0.170 e. The van der Waals surface area contributed by atoms with E-state index in [9.17, 15) is 0 Å². The number of hydrogen-bond donors (Lipinski definition) is 1. The zero-order valence-corrected chi connectivity index (χ0v) is 19.1. The van der Waals surface area contributed by atoms with Gasteiger partial charge in [0.2, 0.25) is 0 Å². The third-order valence-corrected chi connectivity index (χ3v) is 6.47. The molecular formula is C24H18Cl2N4OS. The Hall–Kier alpha value is -2.93. The molecule has 1 N–H and O–H groups in total. The summed E-state index contributed by atoms with van der Waals surface area (Å²) in [6, 6.07) is 20.7. The van der Waals surface area contributed by atoms with Crippen LogP contribution in [0.1, 0.15) is 29.2 Å². The molecule has 0 radical (unpaired) electrons. The van der Waals surface area contributed by atoms with Crippen molar-refractivity contribution >= 4 is 40.5 Å². The minimum absolute atomic E-state index is 0.166. The number of halogens is 2. The van der Waals surface area contributed by atoms with Gasteiger partial charge in [-0.05, 0) is 66.8 Å². The van der Waals surface area contributed by atoms with Gasteiger partial charge in [0.25, 0.3) is 0 Å². The van der Waals surface area contributed by atoms with Crippen molar-refractivity contribution in [3.8, 4) is 11.3 Å². The van der Waals surface area contributed by atoms with Gasteiger partial charge in [-0.15, -0.1) is 0 Å². The zero-order valence-electron chi connectivity index (χ0n) is 16.8. The Morgan fingerprint density at radius 2 is 1.75 bits per heavy atom. The van der Waals surface area contributed by atoms with Crippen LogP contribution >= 0.6 is 35.4 Å². The second-order valence-corrected chi connectivity index (χ2v) is 8.61. The average molecular weight is 481 g/mol. The third kappa shape index (κ3) is 4.09. The van der Waals surface area contributed by atoms with Crippen molar-refractivity contribution in [2.75, 3.05) is 0 Å². The van der Waals surface area contributed by atoms with E-state index in [1.54, 1.807) is 24.5 Å². The van der Waals surface area contributed by atoms with Crippen molar-refractivity contribution in [3.63, 3.8) is 0 Å². The van der Waals surface area contributed by atoms with Crippen molar-refractivity contribution in [1.82, 2.24) is 20.2 Å². The lowest BCUT2D eigenvalue weighted by molar-refractivity contribution is 0.267. The highest BCUT2D eigenvalue weighted by molar-refractivity contribution is 7.80. The Bertz CT molecular complexity index is 1250. The van der Waals surface area contributed by atoms with Crippen molar-refractivity contribution in [1.29, 1.82) is 0 Å². The van der Waals surface area contributed by atoms with Crippen molar-refractivity contribution in [2.45, 2.75) is 18.6 Å². The number of pyridine rings is 2. The number of hydrogen-bond acceptors (Lipinski definition) is 4. The summed E-state index contributed by atoms with van der Waals surface area (Å²) in [4.78, 5) is 11.1. The summed E-state index contributed by atoms with van der Waals surface area (Å²) in [5.74, 6) is 1.47. The van der Waals surface area contributed by atoms with Crippen molar-refractivity contribution in [2.24, 2.45) is 0 Å². The number of nitrogens with one attached hydrogen (secondary N) is 1. The van der Waals surface area contributed by atoms with Gasteiger partial charge in [0, 0.05) is 18.0 Å². The number of rotatable bonds is 5. The molecule has 0 aliphatic carbocycles. The van der Waals surface area contributed by atoms with Gasteiger partial charge in [-0.2, -0.15) is 0 Å². The molecule has 160 valence electrons. The largest absolute Gasteiger partial charge is 0.459 e. The van der Waals surface area contributed by atoms with Gasteiger partial charge < -0.3 is 14.6 Å². The third-order valence-electron chi connectivity index (χ3n) is 5.38. The minimum Gasteiger partial charge on any atom is -0.459 e. The van der Waals surface area contributed by atoms with E-state index in [0.29, 0.717) is 27.5 Å². The maximum Gasteiger partial charge on any atom is 0.170 e. The van der Waals surface area contributed by atoms with Gasteiger partial charge >= 0.3 is 0 Å². The molecule has 1 fully saturated rings. The molecule has 0 saturated carbocycles. The standard InChI is InChI=1S/C24H18Cl2N4OS/c25-17-8-7-15(13-18(17)26)20-9-10-21(31-20)23-22(19-6-2-4-12-28-19)29-24(32)30(23)14-16-5-1-3-11-27-16/h1-13,22-23H,14H2,(H,29,32)/t22-,23+/m1/s1. The lowest BCUT2D eigenvalue weighted by Gasteiger charge is -2.25. The molecule has 5 nitrogen and oxygen atoms in total. The SMILES string of the molecule is S=C1N[C@H](c2ccccn2)[C@H](c2ccc(-c3ccc(Cl)c(Cl)c3)o2)N1Cc1ccccn1. The van der Waals surface area contributed by atoms with Gasteiger partial charge in [0.05, 0.1) is 34.0 Å². The van der Waals surface area contributed by atoms with Gasteiger partial charge in [-0.3, -0.25) is 9.97 Å². The Labute approximate surface area is 201 Å². The number of aromatic nitrogens is 2. The van der Waals surface area contributed by atoms with Gasteiger partial charge in [0.1, 0.15) is 17.6 Å². The second kappa shape index (κ2) is 8.90. The number of furan rings is 1. The van der Waals surface area contributed by atoms with Crippen LogP contribution in [0.2, 0.25) is 10.0 Å². The number of thiocarbonyl (C=S) groups is 1. The van der Waals surface area contributed by atoms with Crippen LogP contribution in [0.3, 0.4) is 0 Å². The van der Waals surface area contributed by atoms with E-state index in [1.165, 1.54) is 0 Å². The van der Waals surface area contributed by atoms with Crippen LogP contribution in [0.25, 0.3) is 11.3 Å². The molecule has 0 spiro atoms. The van der Waals surface area contributed by atoms with E-state index in [4.69, 9.17) is 39.8 Å². The maximum absolute atomic E-state index is 6.33. The Morgan fingerprint density at radius 1 is 0.938 bits per heavy atom. The molecule has 1 aliphatic heterocycles. The first-order chi connectivity index (χ1) is 15.6. The summed E-state index contributed by atoms with van der Waals surface area (Å²) in [6.07, 6.45) is 3.56. The highest BCUT2D eigenvalue weighted by Crippen LogP contribution is 2.41. The Kier molecular flexibility index (Phi) is 5.83. The average Bonchev–Trinajstić information content (AvgIpc) is 3.42. The predicted molar refractivity (Wildman–Crippen MR) is 129 cm³/mol. The maximum atomic E-state index is 6.33. The minimum atomic E-state index is -0.198. The number of benzene rings is 1. The van der Waals surface area contributed by atoms with E-state index >= 15 is 0 Å². The zero-order chi connectivity index (χ0) is 22.1. The molecule has 8 heteroatoms. The molecule has 0 bridgehead atoms. The highest BCUT2D eigenvalue weighted by Gasteiger charge is 2.41. The fourth-order valence-corrected chi connectivity index (χ4v) is 4.47. The second-order valence-electron chi connectivity index (χ2n) is 7.41. The van der Waals surface area contributed by atoms with Crippen molar-refractivity contribution < 1.29 is 4.42 Å². The molecule has 32 heavy (non-hydrogen) atoms. The molecule has 5 rings (SSSR count). The molecule has 1 saturated heterocycles. The first-order valence-electron chi connectivity index (χ1n) is 10.0. The Morgan fingerprint density at radius 3 is 2.47 bits per heavy atom. The summed E-state index contributed by atoms with van der Waals surface area (Å²) in [7, 11) is 0. The van der Waals surface area contributed by atoms with Crippen LogP contribution in [0.15, 0.2) is 83.5 Å². The van der Waals surface area contributed by atoms with E-state index in [-0.39, 0.29) is 12.1 Å². The fourth-order valence-electron chi connectivity index (χ4n) is 3.87. The van der Waals surface area contributed by atoms with Crippen LogP contribution < -0.4 is 5.32 Å². The summed E-state index contributed by atoms with van der Waals surface area (Å²) >= 11 is 18.0. The molecule has 4 aromatic rings. The molecule has 1 aliphatic rings. The monoisotopic (exact) mass is 480 g/mol. The summed E-state index contributed by atoms with van der Waals surface area (Å²) < 4.78 is 6.33. The summed E-state index contributed by atoms with van der Waals surface area (Å²) in [5.41, 5.74) is 2.65. The molecule has 2 atom stereocenters. The Balaban J connectivity index is 1.54. The fraction of sp³-hybridized carbons (Fsp3) is 0.125. The van der Waals surface area contributed by atoms with Crippen LogP contribution in [0, 0.1) is 0 Å². The lowest BCUT2D eigenvalue weighted by atomic mass is 10.0. The van der Waals surface area contributed by atoms with Crippen LogP contribution in [0.4, 0.5) is 0 Å². The molecule has 0 amide bonds. The van der Waals surface area contributed by atoms with Gasteiger partial charge in [-0.25, -0.2) is 0 Å². The summed E-state index contributed by atoms with van der Waals surface area (Å²) in [6.45, 7) is 0.545. The molecule has 4 heterocycles. The normalized spacial score (nSPS) is 18.1. The van der Waals surface area contributed by atoms with Gasteiger partial charge in [-0.1, -0.05) is 35.3 Å². The van der Waals surface area contributed by atoms with Crippen LogP contribution in [-0.4, -0.2) is 20.0 Å². The first kappa shape index (κ1) is 20.9. The number of nitrogens with zero attached hydrogens (tertiary/aromatic N) is 3. The van der Waals surface area contributed by atoms with Crippen molar-refractivity contribution in [3.05, 3.63) is 106 Å². The topological polar surface area (TPSA) is 54.2 Å². The van der Waals surface area contributed by atoms with E-state index in [2.05, 4.69) is 20.2 Å². The first-order valence-corrected chi connectivity index (χ1v) is 11.2. The highest BCUT2D eigenvalue weighted by atomic mass is 35.5. The molecule has 3 aromatic heterocycles. The van der Waals surface area contributed by atoms with Crippen LogP contribution in [0.5, 0.6) is 0 Å². The molecule has 0 unspecified atom stereocenters. The van der Waals surface area contributed by atoms with Crippen LogP contribution in [-0.2, 0) is 6.54 Å². The quantitative estimate of drug-likeness (QED) is 0.342.